The van der Waals surface area contributed by atoms with Crippen molar-refractivity contribution in [3.05, 3.63) is 56.1 Å². The molecular weight excluding hydrogens is 544 g/mol. The number of aromatic nitrogens is 2. The van der Waals surface area contributed by atoms with E-state index in [4.69, 9.17) is 24.4 Å². The molecule has 2 heterocycles. The first-order valence-corrected chi connectivity index (χ1v) is 16.9. The zero-order chi connectivity index (χ0) is 30.9. The Balaban J connectivity index is 1.91. The Labute approximate surface area is 243 Å². The number of benzene rings is 1. The highest BCUT2D eigenvalue weighted by molar-refractivity contribution is 6.74. The lowest BCUT2D eigenvalue weighted by molar-refractivity contribution is -0.386. The predicted molar refractivity (Wildman–Crippen MR) is 160 cm³/mol. The molecule has 0 bridgehead atoms. The lowest BCUT2D eigenvalue weighted by Crippen LogP contribution is -2.45. The van der Waals surface area contributed by atoms with Crippen molar-refractivity contribution >= 4 is 19.8 Å². The van der Waals surface area contributed by atoms with E-state index in [1.807, 2.05) is 27.7 Å². The highest BCUT2D eigenvalue weighted by Gasteiger charge is 2.45. The van der Waals surface area contributed by atoms with Gasteiger partial charge in [0.25, 0.3) is 5.69 Å². The molecule has 228 valence electrons. The Kier molecular flexibility index (Phi) is 9.73. The highest BCUT2D eigenvalue weighted by atomic mass is 28.4. The second kappa shape index (κ2) is 12.2. The molecule has 1 aromatic carbocycles. The summed E-state index contributed by atoms with van der Waals surface area (Å²) in [7, 11) is -0.564. The fraction of sp³-hybridized carbons (Fsp3) is 0.655. The second-order valence-electron chi connectivity index (χ2n) is 13.3. The molecular formula is C29H46N4O7Si. The Hall–Kier alpha value is -2.80. The largest absolute Gasteiger partial charge is 0.497 e. The van der Waals surface area contributed by atoms with Gasteiger partial charge in [0.05, 0.1) is 42.5 Å². The van der Waals surface area contributed by atoms with Crippen molar-refractivity contribution < 1.29 is 23.6 Å². The van der Waals surface area contributed by atoms with Crippen molar-refractivity contribution in [1.29, 1.82) is 0 Å². The van der Waals surface area contributed by atoms with Crippen molar-refractivity contribution in [1.82, 2.24) is 9.55 Å². The van der Waals surface area contributed by atoms with Crippen LogP contribution in [0.4, 0.5) is 11.5 Å². The number of rotatable bonds is 10. The first-order chi connectivity index (χ1) is 18.9. The molecule has 0 spiro atoms. The maximum Gasteiger partial charge on any atom is 0.351 e. The number of ether oxygens (including phenoxy) is 3. The molecule has 11 nitrogen and oxygen atoms in total. The third-order valence-corrected chi connectivity index (χ3v) is 12.6. The van der Waals surface area contributed by atoms with Gasteiger partial charge in [-0.2, -0.15) is 4.98 Å². The summed E-state index contributed by atoms with van der Waals surface area (Å²) in [5.41, 5.74) is 5.92. The number of anilines is 1. The highest BCUT2D eigenvalue weighted by Crippen LogP contribution is 2.43. The van der Waals surface area contributed by atoms with Gasteiger partial charge in [-0.1, -0.05) is 48.5 Å². The molecule has 3 rings (SSSR count). The van der Waals surface area contributed by atoms with Gasteiger partial charge in [0, 0.05) is 24.2 Å². The lowest BCUT2D eigenvalue weighted by Gasteiger charge is -2.39. The van der Waals surface area contributed by atoms with Crippen LogP contribution in [0, 0.1) is 15.5 Å². The summed E-state index contributed by atoms with van der Waals surface area (Å²) >= 11 is 0. The second-order valence-corrected chi connectivity index (χ2v) is 18.0. The Morgan fingerprint density at radius 3 is 2.44 bits per heavy atom. The molecule has 1 aromatic heterocycles. The monoisotopic (exact) mass is 590 g/mol. The number of nitrogens with zero attached hydrogens (tertiary/aromatic N) is 3. The zero-order valence-corrected chi connectivity index (χ0v) is 27.0. The van der Waals surface area contributed by atoms with Crippen LogP contribution in [0.2, 0.25) is 18.1 Å². The van der Waals surface area contributed by atoms with Crippen LogP contribution in [0.25, 0.3) is 0 Å². The van der Waals surface area contributed by atoms with Gasteiger partial charge in [0.1, 0.15) is 17.8 Å². The molecule has 0 saturated carbocycles. The molecule has 0 amide bonds. The smallest absolute Gasteiger partial charge is 0.351 e. The first-order valence-electron chi connectivity index (χ1n) is 14.0. The number of hydrogen-bond donors (Lipinski definition) is 1. The minimum Gasteiger partial charge on any atom is -0.497 e. The van der Waals surface area contributed by atoms with Gasteiger partial charge < -0.3 is 24.4 Å². The van der Waals surface area contributed by atoms with Crippen molar-refractivity contribution in [3.63, 3.8) is 0 Å². The summed E-state index contributed by atoms with van der Waals surface area (Å²) in [4.78, 5) is 28.4. The van der Waals surface area contributed by atoms with E-state index in [1.54, 1.807) is 18.3 Å². The van der Waals surface area contributed by atoms with Gasteiger partial charge in [-0.3, -0.25) is 14.7 Å². The van der Waals surface area contributed by atoms with Crippen LogP contribution in [0.3, 0.4) is 0 Å². The number of nitrogens with two attached hydrogens (primary N) is 1. The maximum atomic E-state index is 13.0. The normalized spacial score (nSPS) is 20.7. The SMILES string of the molecule is CC[C@H]1O[C@@H](n2cc(CO[C@H](c3cc(OC)ccc3[N+](=O)[O-])C(C)(C)C)c(N)nc2=O)C[C@H]1O[Si](C)(C)C(C)(C)C. The summed E-state index contributed by atoms with van der Waals surface area (Å²) in [6.07, 6.45) is 1.33. The average molecular weight is 591 g/mol. The standard InChI is InChI=1S/C29H46N4O7Si/c1-11-22-23(40-41(9,10)29(5,6)7)15-24(39-22)32-16-18(26(30)31-27(32)34)17-38-25(28(2,3)4)20-14-19(37-8)12-13-21(20)33(35)36/h12-14,16,22-25H,11,15,17H2,1-10H3,(H2,30,31,34)/t22-,23-,24-,25-/m1/s1. The van der Waals surface area contributed by atoms with Crippen LogP contribution in [-0.2, 0) is 20.5 Å². The molecule has 0 aliphatic carbocycles. The van der Waals surface area contributed by atoms with Crippen LogP contribution in [-0.4, -0.2) is 42.1 Å². The number of nitrogen functional groups attached to an aromatic ring is 1. The third kappa shape index (κ3) is 7.35. The molecule has 0 radical (unpaired) electrons. The van der Waals surface area contributed by atoms with Crippen LogP contribution < -0.4 is 16.2 Å². The Morgan fingerprint density at radius 2 is 1.90 bits per heavy atom. The third-order valence-electron chi connectivity index (χ3n) is 8.11. The van der Waals surface area contributed by atoms with Gasteiger partial charge >= 0.3 is 5.69 Å². The summed E-state index contributed by atoms with van der Waals surface area (Å²) in [5, 5.41) is 11.9. The summed E-state index contributed by atoms with van der Waals surface area (Å²) < 4.78 is 26.1. The maximum absolute atomic E-state index is 13.0. The predicted octanol–water partition coefficient (Wildman–Crippen LogP) is 6.13. The van der Waals surface area contributed by atoms with Crippen LogP contribution in [0.1, 0.15) is 84.8 Å². The van der Waals surface area contributed by atoms with Gasteiger partial charge in [-0.25, -0.2) is 4.79 Å². The average Bonchev–Trinajstić information content (AvgIpc) is 3.25. The number of hydrogen-bond acceptors (Lipinski definition) is 9. The summed E-state index contributed by atoms with van der Waals surface area (Å²) in [5.74, 6) is 0.523. The zero-order valence-electron chi connectivity index (χ0n) is 26.0. The van der Waals surface area contributed by atoms with E-state index < -0.39 is 36.7 Å². The summed E-state index contributed by atoms with van der Waals surface area (Å²) in [6.45, 7) is 18.8. The molecule has 1 fully saturated rings. The molecule has 2 aromatic rings. The summed E-state index contributed by atoms with van der Waals surface area (Å²) in [6, 6.07) is 4.58. The van der Waals surface area contributed by atoms with Gasteiger partial charge in [0.2, 0.25) is 0 Å². The van der Waals surface area contributed by atoms with Crippen molar-refractivity contribution in [2.45, 2.75) is 111 Å². The lowest BCUT2D eigenvalue weighted by atomic mass is 9.83. The molecule has 4 atom stereocenters. The van der Waals surface area contributed by atoms with E-state index in [0.29, 0.717) is 23.3 Å². The Morgan fingerprint density at radius 1 is 1.24 bits per heavy atom. The number of nitro benzene ring substituents is 1. The van der Waals surface area contributed by atoms with E-state index in [1.165, 1.54) is 17.7 Å². The number of methoxy groups -OCH3 is 1. The molecule has 0 unspecified atom stereocenters. The molecule has 41 heavy (non-hydrogen) atoms. The van der Waals surface area contributed by atoms with Gasteiger partial charge in [0.15, 0.2) is 8.32 Å². The minimum absolute atomic E-state index is 0.0246. The van der Waals surface area contributed by atoms with Gasteiger partial charge in [-0.05, 0) is 42.1 Å². The van der Waals surface area contributed by atoms with E-state index in [9.17, 15) is 14.9 Å². The van der Waals surface area contributed by atoms with Crippen molar-refractivity contribution in [3.8, 4) is 5.75 Å². The minimum atomic E-state index is -2.07. The van der Waals surface area contributed by atoms with Crippen LogP contribution in [0.5, 0.6) is 5.75 Å². The van der Waals surface area contributed by atoms with Crippen LogP contribution in [0.15, 0.2) is 29.2 Å². The van der Waals surface area contributed by atoms with Crippen LogP contribution >= 0.6 is 0 Å². The molecule has 2 N–H and O–H groups in total. The van der Waals surface area contributed by atoms with Crippen molar-refractivity contribution in [2.75, 3.05) is 12.8 Å². The molecule has 1 aliphatic rings. The molecule has 12 heteroatoms. The molecule has 1 saturated heterocycles. The fourth-order valence-electron chi connectivity index (χ4n) is 4.77. The van der Waals surface area contributed by atoms with Crippen molar-refractivity contribution in [2.24, 2.45) is 5.41 Å². The van der Waals surface area contributed by atoms with E-state index in [-0.39, 0.29) is 35.4 Å². The Bertz CT molecular complexity index is 1300. The quantitative estimate of drug-likeness (QED) is 0.196. The van der Waals surface area contributed by atoms with E-state index in [2.05, 4.69) is 38.8 Å². The fourth-order valence-corrected chi connectivity index (χ4v) is 6.13. The first kappa shape index (κ1) is 32.7. The van der Waals surface area contributed by atoms with Gasteiger partial charge in [-0.15, -0.1) is 0 Å². The molecule has 1 aliphatic heterocycles. The topological polar surface area (TPSA) is 141 Å². The van der Waals surface area contributed by atoms with E-state index in [0.717, 1.165) is 6.42 Å². The number of nitro groups is 1. The van der Waals surface area contributed by atoms with E-state index >= 15 is 0 Å².